The normalized spacial score (nSPS) is 38.4. The molecule has 4 aliphatic carbocycles. The Balaban J connectivity index is 1.07. The minimum absolute atomic E-state index is 0.115. The molecule has 8 bridgehead atoms. The molecule has 0 spiro atoms. The Kier molecular flexibility index (Phi) is 20.9. The van der Waals surface area contributed by atoms with Crippen molar-refractivity contribution in [1.82, 2.24) is 85.1 Å². The number of nitrogens with zero attached hydrogens (tertiary/aromatic N) is 4. The molecule has 20 heteroatoms. The van der Waals surface area contributed by atoms with Crippen LogP contribution >= 0.6 is 0 Å². The van der Waals surface area contributed by atoms with Crippen LogP contribution < -0.4 is 85.1 Å². The Hall–Kier alpha value is -3.24. The minimum atomic E-state index is 0.115. The summed E-state index contributed by atoms with van der Waals surface area (Å²) in [5.74, 6) is 7.13. The Morgan fingerprint density at radius 1 is 0.237 bits per heavy atom. The lowest BCUT2D eigenvalue weighted by molar-refractivity contribution is 0.153. The second-order valence-corrected chi connectivity index (χ2v) is 28.6. The summed E-state index contributed by atoms with van der Waals surface area (Å²) in [7, 11) is 0. The van der Waals surface area contributed by atoms with Gasteiger partial charge in [-0.2, -0.15) is 0 Å². The van der Waals surface area contributed by atoms with Crippen LogP contribution in [0.3, 0.4) is 0 Å². The maximum absolute atomic E-state index is 5.49. The fraction of sp³-hybridized carbons (Fsp3) is 0.933. The molecule has 5 heterocycles. The van der Waals surface area contributed by atoms with Crippen LogP contribution in [0.5, 0.6) is 0 Å². The molecule has 5 aliphatic heterocycles. The molecule has 456 valence electrons. The van der Waals surface area contributed by atoms with Gasteiger partial charge in [-0.05, 0) is 235 Å². The van der Waals surface area contributed by atoms with Gasteiger partial charge in [-0.15, -0.1) is 0 Å². The molecule has 0 aromatic heterocycles. The van der Waals surface area contributed by atoms with Crippen molar-refractivity contribution < 1.29 is 0 Å². The van der Waals surface area contributed by atoms with Gasteiger partial charge in [0.1, 0.15) is 0 Å². The molecule has 12 atom stereocenters. The van der Waals surface area contributed by atoms with Crippen molar-refractivity contribution >= 4 is 23.8 Å². The van der Waals surface area contributed by atoms with E-state index in [9.17, 15) is 0 Å². The summed E-state index contributed by atoms with van der Waals surface area (Å²) in [5.41, 5.74) is 0. The van der Waals surface area contributed by atoms with E-state index in [1.54, 1.807) is 0 Å². The van der Waals surface area contributed by atoms with Crippen LogP contribution in [0.2, 0.25) is 0 Å². The molecule has 0 amide bonds. The summed E-state index contributed by atoms with van der Waals surface area (Å²) in [6, 6.07) is 3.30. The fourth-order valence-corrected chi connectivity index (χ4v) is 15.8. The van der Waals surface area contributed by atoms with Crippen molar-refractivity contribution in [2.24, 2.45) is 67.3 Å². The van der Waals surface area contributed by atoms with E-state index in [1.807, 2.05) is 0 Å². The molecule has 16 N–H and O–H groups in total. The molecule has 0 aromatic rings. The number of guanidine groups is 4. The second kappa shape index (κ2) is 27.2. The first kappa shape index (κ1) is 61.3. The first-order chi connectivity index (χ1) is 38.1. The van der Waals surface area contributed by atoms with E-state index in [2.05, 4.69) is 196 Å². The number of hydrogen-bond donors (Lipinski definition) is 16. The van der Waals surface area contributed by atoms with E-state index >= 15 is 0 Å². The van der Waals surface area contributed by atoms with Gasteiger partial charge in [0.2, 0.25) is 0 Å². The SMILES string of the molecule is CC(C)NC(=NC1CCC2C3NC(NC4NC(NC5NC(NC6NC(N3)C3CC(N=C(NC(C)C)NC(C)C)CCC63)C3CC(N=C(NC(C)C)NC(C)C)CCC53)C3CC(N=C(NC(C)C)NC(C)C)CCC43)C2C1)NC(C)C. The summed E-state index contributed by atoms with van der Waals surface area (Å²) < 4.78 is 0. The second-order valence-electron chi connectivity index (χ2n) is 28.6. The number of aliphatic imine (C=N–C) groups is 4. The molecule has 5 saturated heterocycles. The summed E-state index contributed by atoms with van der Waals surface area (Å²) in [5, 5.41) is 64.4. The minimum Gasteiger partial charge on any atom is -0.354 e. The van der Waals surface area contributed by atoms with Gasteiger partial charge < -0.3 is 42.5 Å². The Bertz CT molecular complexity index is 1750. The van der Waals surface area contributed by atoms with Crippen LogP contribution in [-0.4, -0.2) is 146 Å². The van der Waals surface area contributed by atoms with Gasteiger partial charge in [0, 0.05) is 48.3 Å². The summed E-state index contributed by atoms with van der Waals surface area (Å²) in [4.78, 5) is 22.0. The molecule has 20 nitrogen and oxygen atoms in total. The third kappa shape index (κ3) is 15.7. The molecule has 0 aromatic carbocycles. The molecule has 0 radical (unpaired) electrons. The highest BCUT2D eigenvalue weighted by Crippen LogP contribution is 2.47. The standard InChI is InChI=1S/C60H116N20/c1-29(2)61-57(62-30(3)4)69-37-17-21-41-45(25-37)53-73-49(41)78-54-47-27-39(71-59(65-33(9)10)66-34(11)12)19-23-43(47)51(75-54)80-56-48-28-40(72-60(67-35(13)14)68-36(15)16)20-24-44(48)52(76-56)79-55-46-26-38(18-22-42(46)50(74-55)77-53)70-58(63-31(5)6)64-32(7)8/h29-56,73-80H,17-28H2,1-16H3,(H2,61,62,69)(H2,63,64,70)(H2,65,66,71)(H2,67,68,72). The van der Waals surface area contributed by atoms with Crippen molar-refractivity contribution in [3.63, 3.8) is 0 Å². The van der Waals surface area contributed by atoms with Crippen LogP contribution in [0, 0.1) is 47.3 Å². The van der Waals surface area contributed by atoms with Crippen molar-refractivity contribution in [2.75, 3.05) is 0 Å². The van der Waals surface area contributed by atoms with E-state index in [0.717, 1.165) is 101 Å². The Morgan fingerprint density at radius 2 is 0.388 bits per heavy atom. The van der Waals surface area contributed by atoms with Crippen molar-refractivity contribution in [2.45, 2.75) is 310 Å². The zero-order valence-corrected chi connectivity index (χ0v) is 52.4. The lowest BCUT2D eigenvalue weighted by atomic mass is 9.74. The first-order valence-electron chi connectivity index (χ1n) is 32.6. The van der Waals surface area contributed by atoms with Gasteiger partial charge in [-0.3, -0.25) is 42.5 Å². The average molecular weight is 1120 g/mol. The lowest BCUT2D eigenvalue weighted by Crippen LogP contribution is -2.61. The van der Waals surface area contributed by atoms with Gasteiger partial charge in [0.25, 0.3) is 0 Å². The van der Waals surface area contributed by atoms with Gasteiger partial charge >= 0.3 is 0 Å². The smallest absolute Gasteiger partial charge is 0.191 e. The highest BCUT2D eigenvalue weighted by molar-refractivity contribution is 5.82. The lowest BCUT2D eigenvalue weighted by Gasteiger charge is -2.38. The van der Waals surface area contributed by atoms with Crippen LogP contribution in [-0.2, 0) is 0 Å². The zero-order valence-electron chi connectivity index (χ0n) is 52.4. The van der Waals surface area contributed by atoms with E-state index in [1.165, 1.54) is 0 Å². The molecular formula is C60H116N20. The van der Waals surface area contributed by atoms with Crippen LogP contribution in [0.4, 0.5) is 0 Å². The van der Waals surface area contributed by atoms with Crippen molar-refractivity contribution in [3.05, 3.63) is 0 Å². The number of hydrogen-bond acceptors (Lipinski definition) is 12. The monoisotopic (exact) mass is 1120 g/mol. The maximum Gasteiger partial charge on any atom is 0.191 e. The number of fused-ring (bicyclic) bond motifs is 20. The molecular weight excluding hydrogens is 1000 g/mol. The van der Waals surface area contributed by atoms with E-state index < -0.39 is 0 Å². The first-order valence-corrected chi connectivity index (χ1v) is 32.6. The van der Waals surface area contributed by atoms with E-state index in [0.29, 0.717) is 95.7 Å². The van der Waals surface area contributed by atoms with Gasteiger partial charge in [0.15, 0.2) is 23.8 Å². The van der Waals surface area contributed by atoms with Crippen molar-refractivity contribution in [3.8, 4) is 0 Å². The largest absolute Gasteiger partial charge is 0.354 e. The molecule has 12 unspecified atom stereocenters. The summed E-state index contributed by atoms with van der Waals surface area (Å²) in [6.45, 7) is 35.3. The van der Waals surface area contributed by atoms with E-state index in [-0.39, 0.29) is 73.5 Å². The van der Waals surface area contributed by atoms with Crippen LogP contribution in [0.15, 0.2) is 20.0 Å². The van der Waals surface area contributed by atoms with Gasteiger partial charge in [0.05, 0.1) is 73.5 Å². The highest BCUT2D eigenvalue weighted by Gasteiger charge is 2.56. The molecule has 9 fully saturated rings. The Morgan fingerprint density at radius 3 is 0.537 bits per heavy atom. The molecule has 9 aliphatic rings. The summed E-state index contributed by atoms with van der Waals surface area (Å²) >= 11 is 0. The number of rotatable bonds is 12. The molecule has 9 rings (SSSR count). The van der Waals surface area contributed by atoms with Gasteiger partial charge in [-0.25, -0.2) is 20.0 Å². The Labute approximate surface area is 484 Å². The van der Waals surface area contributed by atoms with Crippen LogP contribution in [0.25, 0.3) is 0 Å². The fourth-order valence-electron chi connectivity index (χ4n) is 15.8. The van der Waals surface area contributed by atoms with Crippen LogP contribution in [0.1, 0.15) is 188 Å². The van der Waals surface area contributed by atoms with Crippen molar-refractivity contribution in [1.29, 1.82) is 0 Å². The highest BCUT2D eigenvalue weighted by atomic mass is 15.4. The molecule has 4 saturated carbocycles. The van der Waals surface area contributed by atoms with Gasteiger partial charge in [-0.1, -0.05) is 0 Å². The predicted molar refractivity (Wildman–Crippen MR) is 330 cm³/mol. The maximum atomic E-state index is 5.49. The predicted octanol–water partition coefficient (Wildman–Crippen LogP) is 3.93. The average Bonchev–Trinajstić information content (AvgIpc) is 4.10. The third-order valence-corrected chi connectivity index (χ3v) is 18.7. The molecule has 80 heavy (non-hydrogen) atoms. The quantitative estimate of drug-likeness (QED) is 0.0979. The third-order valence-electron chi connectivity index (χ3n) is 18.7. The topological polar surface area (TPSA) is 242 Å². The number of nitrogens with one attached hydrogen (secondary N) is 16. The van der Waals surface area contributed by atoms with E-state index in [4.69, 9.17) is 20.0 Å². The zero-order chi connectivity index (χ0) is 57.1. The summed E-state index contributed by atoms with van der Waals surface area (Å²) in [6.07, 6.45) is 13.9.